The molecule has 2 N–H and O–H groups in total. The number of halogens is 1. The van der Waals surface area contributed by atoms with Crippen molar-refractivity contribution in [2.24, 2.45) is 0 Å². The van der Waals surface area contributed by atoms with E-state index in [-0.39, 0.29) is 11.6 Å². The van der Waals surface area contributed by atoms with E-state index < -0.39 is 0 Å². The van der Waals surface area contributed by atoms with Gasteiger partial charge in [-0.25, -0.2) is 15.1 Å². The van der Waals surface area contributed by atoms with Gasteiger partial charge in [-0.1, -0.05) is 11.6 Å². The Labute approximate surface area is 120 Å². The van der Waals surface area contributed by atoms with Crippen LogP contribution in [0.2, 0.25) is 5.15 Å². The normalized spacial score (nSPS) is 18.2. The van der Waals surface area contributed by atoms with Crippen molar-refractivity contribution in [3.8, 4) is 0 Å². The molecule has 8 heteroatoms. The topological polar surface area (TPSA) is 86.8 Å². The third-order valence-electron chi connectivity index (χ3n) is 3.17. The van der Waals surface area contributed by atoms with E-state index in [9.17, 15) is 4.79 Å². The molecule has 104 valence electrons. The van der Waals surface area contributed by atoms with Gasteiger partial charge in [-0.2, -0.15) is 5.10 Å². The molecule has 1 saturated heterocycles. The molecule has 0 aromatic carbocycles. The standard InChI is InChI=1S/C12H13ClN6O/c13-11-9(6-10(20)17-18-11)19-5-2-8(7-19)16-12-14-3-1-4-15-12/h1,3-4,6,8H,2,5,7H2,(H,17,20)(H,14,15,16). The molecule has 2 aromatic heterocycles. The highest BCUT2D eigenvalue weighted by Gasteiger charge is 2.25. The summed E-state index contributed by atoms with van der Waals surface area (Å²) in [6.45, 7) is 1.53. The summed E-state index contributed by atoms with van der Waals surface area (Å²) < 4.78 is 0. The fourth-order valence-electron chi connectivity index (χ4n) is 2.25. The molecule has 3 rings (SSSR count). The maximum Gasteiger partial charge on any atom is 0.266 e. The SMILES string of the molecule is O=c1cc(N2CCC(Nc3ncccn3)C2)c(Cl)n[nH]1. The number of nitrogens with zero attached hydrogens (tertiary/aromatic N) is 4. The Hall–Kier alpha value is -2.15. The lowest BCUT2D eigenvalue weighted by Crippen LogP contribution is -2.28. The zero-order valence-corrected chi connectivity index (χ0v) is 11.3. The molecular formula is C12H13ClN6O. The molecule has 0 bridgehead atoms. The van der Waals surface area contributed by atoms with Crippen LogP contribution in [-0.4, -0.2) is 39.3 Å². The molecule has 20 heavy (non-hydrogen) atoms. The second kappa shape index (κ2) is 5.46. The van der Waals surface area contributed by atoms with Crippen LogP contribution in [0.25, 0.3) is 0 Å². The van der Waals surface area contributed by atoms with Gasteiger partial charge < -0.3 is 10.2 Å². The molecule has 0 spiro atoms. The highest BCUT2D eigenvalue weighted by molar-refractivity contribution is 6.31. The van der Waals surface area contributed by atoms with E-state index in [0.29, 0.717) is 16.8 Å². The van der Waals surface area contributed by atoms with Crippen molar-refractivity contribution in [3.05, 3.63) is 40.0 Å². The van der Waals surface area contributed by atoms with E-state index in [4.69, 9.17) is 11.6 Å². The van der Waals surface area contributed by atoms with Crippen LogP contribution in [0.4, 0.5) is 11.6 Å². The van der Waals surface area contributed by atoms with E-state index in [1.54, 1.807) is 18.5 Å². The lowest BCUT2D eigenvalue weighted by Gasteiger charge is -2.19. The van der Waals surface area contributed by atoms with Crippen LogP contribution in [-0.2, 0) is 0 Å². The zero-order valence-electron chi connectivity index (χ0n) is 10.6. The number of aromatic nitrogens is 4. The maximum atomic E-state index is 11.3. The molecule has 1 fully saturated rings. The Kier molecular flexibility index (Phi) is 3.51. The van der Waals surface area contributed by atoms with E-state index in [0.717, 1.165) is 19.5 Å². The first-order valence-corrected chi connectivity index (χ1v) is 6.64. The molecule has 0 radical (unpaired) electrons. The summed E-state index contributed by atoms with van der Waals surface area (Å²) in [4.78, 5) is 21.6. The largest absolute Gasteiger partial charge is 0.367 e. The van der Waals surface area contributed by atoms with Crippen molar-refractivity contribution in [2.45, 2.75) is 12.5 Å². The van der Waals surface area contributed by atoms with Crippen molar-refractivity contribution in [2.75, 3.05) is 23.3 Å². The highest BCUT2D eigenvalue weighted by atomic mass is 35.5. The van der Waals surface area contributed by atoms with Gasteiger partial charge in [0.05, 0.1) is 5.69 Å². The summed E-state index contributed by atoms with van der Waals surface area (Å²) in [5.41, 5.74) is 0.404. The fraction of sp³-hybridized carbons (Fsp3) is 0.333. The Morgan fingerprint density at radius 1 is 1.40 bits per heavy atom. The third-order valence-corrected chi connectivity index (χ3v) is 3.45. The van der Waals surface area contributed by atoms with Crippen LogP contribution < -0.4 is 15.8 Å². The number of H-pyrrole nitrogens is 1. The Morgan fingerprint density at radius 2 is 2.20 bits per heavy atom. The second-order valence-electron chi connectivity index (χ2n) is 4.56. The van der Waals surface area contributed by atoms with E-state index in [1.165, 1.54) is 6.07 Å². The summed E-state index contributed by atoms with van der Waals surface area (Å²) in [5, 5.41) is 9.66. The lowest BCUT2D eigenvalue weighted by molar-refractivity contribution is 0.791. The summed E-state index contributed by atoms with van der Waals surface area (Å²) in [5.74, 6) is 0.606. The van der Waals surface area contributed by atoms with Gasteiger partial charge in [0, 0.05) is 37.6 Å². The first-order chi connectivity index (χ1) is 9.72. The monoisotopic (exact) mass is 292 g/mol. The van der Waals surface area contributed by atoms with Gasteiger partial charge in [0.2, 0.25) is 5.95 Å². The van der Waals surface area contributed by atoms with Gasteiger partial charge in [0.15, 0.2) is 5.15 Å². The molecule has 1 aliphatic heterocycles. The lowest BCUT2D eigenvalue weighted by atomic mass is 10.3. The van der Waals surface area contributed by atoms with Crippen molar-refractivity contribution >= 4 is 23.2 Å². The van der Waals surface area contributed by atoms with E-state index in [1.807, 2.05) is 4.90 Å². The van der Waals surface area contributed by atoms with Crippen molar-refractivity contribution < 1.29 is 0 Å². The van der Waals surface area contributed by atoms with Crippen molar-refractivity contribution in [1.29, 1.82) is 0 Å². The van der Waals surface area contributed by atoms with Crippen LogP contribution in [0.5, 0.6) is 0 Å². The number of anilines is 2. The van der Waals surface area contributed by atoms with Gasteiger partial charge in [-0.05, 0) is 12.5 Å². The number of rotatable bonds is 3. The second-order valence-corrected chi connectivity index (χ2v) is 4.91. The molecule has 2 aromatic rings. The minimum Gasteiger partial charge on any atom is -0.367 e. The minimum absolute atomic E-state index is 0.216. The van der Waals surface area contributed by atoms with E-state index >= 15 is 0 Å². The molecule has 7 nitrogen and oxygen atoms in total. The predicted molar refractivity (Wildman–Crippen MR) is 76.1 cm³/mol. The molecule has 1 atom stereocenters. The molecule has 3 heterocycles. The van der Waals surface area contributed by atoms with Crippen molar-refractivity contribution in [1.82, 2.24) is 20.2 Å². The Bertz CT molecular complexity index is 646. The van der Waals surface area contributed by atoms with Crippen LogP contribution in [0.3, 0.4) is 0 Å². The Morgan fingerprint density at radius 3 is 3.00 bits per heavy atom. The Balaban J connectivity index is 1.70. The average Bonchev–Trinajstić information content (AvgIpc) is 2.91. The predicted octanol–water partition coefficient (Wildman–Crippen LogP) is 0.904. The summed E-state index contributed by atoms with van der Waals surface area (Å²) in [7, 11) is 0. The minimum atomic E-state index is -0.257. The molecule has 1 unspecified atom stereocenters. The van der Waals surface area contributed by atoms with Crippen LogP contribution in [0.15, 0.2) is 29.3 Å². The number of hydrogen-bond donors (Lipinski definition) is 2. The van der Waals surface area contributed by atoms with Crippen LogP contribution in [0, 0.1) is 0 Å². The summed E-state index contributed by atoms with van der Waals surface area (Å²) in [6.07, 6.45) is 4.31. The summed E-state index contributed by atoms with van der Waals surface area (Å²) in [6, 6.07) is 3.46. The number of nitrogens with one attached hydrogen (secondary N) is 2. The molecule has 0 amide bonds. The van der Waals surface area contributed by atoms with Crippen LogP contribution >= 0.6 is 11.6 Å². The average molecular weight is 293 g/mol. The third kappa shape index (κ3) is 2.72. The van der Waals surface area contributed by atoms with Gasteiger partial charge >= 0.3 is 0 Å². The molecule has 0 aliphatic carbocycles. The maximum absolute atomic E-state index is 11.3. The number of hydrogen-bond acceptors (Lipinski definition) is 6. The molecule has 1 aliphatic rings. The summed E-state index contributed by atoms with van der Waals surface area (Å²) >= 11 is 6.02. The van der Waals surface area contributed by atoms with Crippen LogP contribution in [0.1, 0.15) is 6.42 Å². The van der Waals surface area contributed by atoms with Gasteiger partial charge in [0.1, 0.15) is 0 Å². The fourth-order valence-corrected chi connectivity index (χ4v) is 2.47. The van der Waals surface area contributed by atoms with Gasteiger partial charge in [-0.15, -0.1) is 0 Å². The van der Waals surface area contributed by atoms with Gasteiger partial charge in [-0.3, -0.25) is 4.79 Å². The first kappa shape index (κ1) is 12.9. The van der Waals surface area contributed by atoms with E-state index in [2.05, 4.69) is 25.5 Å². The zero-order chi connectivity index (χ0) is 13.9. The highest BCUT2D eigenvalue weighted by Crippen LogP contribution is 2.25. The number of aromatic amines is 1. The molecular weight excluding hydrogens is 280 g/mol. The quantitative estimate of drug-likeness (QED) is 0.874. The van der Waals surface area contributed by atoms with Gasteiger partial charge in [0.25, 0.3) is 5.56 Å². The molecule has 0 saturated carbocycles. The first-order valence-electron chi connectivity index (χ1n) is 6.26. The van der Waals surface area contributed by atoms with Crippen molar-refractivity contribution in [3.63, 3.8) is 0 Å². The smallest absolute Gasteiger partial charge is 0.266 e.